The molecule has 1 aromatic rings. The van der Waals surface area contributed by atoms with Gasteiger partial charge in [-0.25, -0.2) is 4.21 Å². The van der Waals surface area contributed by atoms with Gasteiger partial charge in [-0.15, -0.1) is 0 Å². The minimum Gasteiger partial charge on any atom is -0.299 e. The molecule has 0 aromatic heterocycles. The smallest absolute Gasteiger partial charge is 0.0536 e. The lowest BCUT2D eigenvalue weighted by Crippen LogP contribution is -2.28. The van der Waals surface area contributed by atoms with E-state index in [4.69, 9.17) is 0 Å². The highest BCUT2D eigenvalue weighted by Crippen LogP contribution is 2.31. The minimum absolute atomic E-state index is 0.545. The van der Waals surface area contributed by atoms with Gasteiger partial charge in [-0.3, -0.25) is 4.55 Å². The molecule has 0 fully saturated rings. The van der Waals surface area contributed by atoms with Gasteiger partial charge in [0.15, 0.2) is 0 Å². The fraction of sp³-hybridized carbons (Fsp3) is 0.700. The molecule has 0 aliphatic rings. The predicted molar refractivity (Wildman–Crippen MR) is 103 cm³/mol. The van der Waals surface area contributed by atoms with Gasteiger partial charge in [0.05, 0.1) is 4.90 Å². The van der Waals surface area contributed by atoms with E-state index in [-0.39, 0.29) is 0 Å². The van der Waals surface area contributed by atoms with Crippen LogP contribution in [0.15, 0.2) is 29.2 Å². The predicted octanol–water partition coefficient (Wildman–Crippen LogP) is 6.23. The molecule has 0 aliphatic carbocycles. The van der Waals surface area contributed by atoms with Crippen molar-refractivity contribution in [3.8, 4) is 0 Å². The van der Waals surface area contributed by atoms with Crippen LogP contribution in [0.4, 0.5) is 0 Å². The first-order chi connectivity index (χ1) is 10.7. The molecule has 1 N–H and O–H groups in total. The highest BCUT2D eigenvalue weighted by atomic mass is 32.3. The first-order valence-electron chi connectivity index (χ1n) is 9.21. The lowest BCUT2D eigenvalue weighted by molar-refractivity contribution is 0.500. The summed E-state index contributed by atoms with van der Waals surface area (Å²) in [6, 6.07) is 7.84. The van der Waals surface area contributed by atoms with Crippen molar-refractivity contribution in [2.45, 2.75) is 82.4 Å². The molecule has 0 amide bonds. The van der Waals surface area contributed by atoms with Gasteiger partial charge in [-0.05, 0) is 36.5 Å². The SMILES string of the molecule is CCCCCCC(CCCCC)c1ccc(S(C)(C)(=O)O)cc1. The van der Waals surface area contributed by atoms with Crippen molar-refractivity contribution in [3.63, 3.8) is 0 Å². The van der Waals surface area contributed by atoms with Crippen molar-refractivity contribution in [1.29, 1.82) is 0 Å². The third kappa shape index (κ3) is 7.63. The van der Waals surface area contributed by atoms with E-state index < -0.39 is 9.35 Å². The molecule has 0 heterocycles. The largest absolute Gasteiger partial charge is 0.299 e. The Labute approximate surface area is 143 Å². The van der Waals surface area contributed by atoms with Crippen molar-refractivity contribution in [2.75, 3.05) is 12.5 Å². The number of hydrogen-bond acceptors (Lipinski definition) is 1. The Balaban J connectivity index is 2.78. The zero-order chi connectivity index (χ0) is 17.4. The Kier molecular flexibility index (Phi) is 7.96. The summed E-state index contributed by atoms with van der Waals surface area (Å²) in [5, 5.41) is 0. The molecule has 0 spiro atoms. The first kappa shape index (κ1) is 20.4. The molecule has 134 valence electrons. The molecule has 1 unspecified atom stereocenters. The van der Waals surface area contributed by atoms with Crippen molar-refractivity contribution >= 4 is 9.35 Å². The second-order valence-corrected chi connectivity index (χ2v) is 11.4. The van der Waals surface area contributed by atoms with Gasteiger partial charge in [0.25, 0.3) is 0 Å². The van der Waals surface area contributed by atoms with Gasteiger partial charge in [0, 0.05) is 12.5 Å². The van der Waals surface area contributed by atoms with E-state index in [0.29, 0.717) is 10.8 Å². The summed E-state index contributed by atoms with van der Waals surface area (Å²) >= 11 is 0. The zero-order valence-corrected chi connectivity index (χ0v) is 16.3. The molecular weight excluding hydrogens is 304 g/mol. The Bertz CT molecular complexity index is 502. The van der Waals surface area contributed by atoms with E-state index in [1.54, 1.807) is 0 Å². The summed E-state index contributed by atoms with van der Waals surface area (Å²) in [5.41, 5.74) is 1.33. The first-order valence-corrected chi connectivity index (χ1v) is 12.0. The third-order valence-electron chi connectivity index (χ3n) is 4.59. The van der Waals surface area contributed by atoms with E-state index >= 15 is 0 Å². The monoisotopic (exact) mass is 340 g/mol. The Hall–Kier alpha value is -0.670. The van der Waals surface area contributed by atoms with Crippen LogP contribution in [0.5, 0.6) is 0 Å². The van der Waals surface area contributed by atoms with Gasteiger partial charge >= 0.3 is 0 Å². The quantitative estimate of drug-likeness (QED) is 0.485. The molecule has 3 heteroatoms. The molecular formula is C20H36O2S. The van der Waals surface area contributed by atoms with Crippen molar-refractivity contribution in [3.05, 3.63) is 29.8 Å². The van der Waals surface area contributed by atoms with E-state index in [1.165, 1.54) is 75.9 Å². The summed E-state index contributed by atoms with van der Waals surface area (Å²) in [4.78, 5) is 0.545. The van der Waals surface area contributed by atoms with Crippen molar-refractivity contribution in [2.24, 2.45) is 0 Å². The topological polar surface area (TPSA) is 37.3 Å². The maximum Gasteiger partial charge on any atom is 0.0536 e. The van der Waals surface area contributed by atoms with Crippen LogP contribution in [-0.2, 0) is 9.35 Å². The second kappa shape index (κ2) is 8.98. The fourth-order valence-electron chi connectivity index (χ4n) is 3.06. The second-order valence-electron chi connectivity index (χ2n) is 7.38. The van der Waals surface area contributed by atoms with E-state index in [2.05, 4.69) is 26.0 Å². The molecule has 23 heavy (non-hydrogen) atoms. The van der Waals surface area contributed by atoms with Crippen LogP contribution in [0.2, 0.25) is 0 Å². The number of rotatable bonds is 11. The Morgan fingerprint density at radius 3 is 1.83 bits per heavy atom. The molecule has 0 bridgehead atoms. The van der Waals surface area contributed by atoms with Crippen LogP contribution in [0.1, 0.15) is 83.1 Å². The summed E-state index contributed by atoms with van der Waals surface area (Å²) in [6.45, 7) is 4.49. The molecule has 0 radical (unpaired) electrons. The third-order valence-corrected chi connectivity index (χ3v) is 6.21. The average molecular weight is 341 g/mol. The summed E-state index contributed by atoms with van der Waals surface area (Å²) in [7, 11) is -3.63. The van der Waals surface area contributed by atoms with Gasteiger partial charge in [0.2, 0.25) is 0 Å². The fourth-order valence-corrected chi connectivity index (χ4v) is 3.98. The van der Waals surface area contributed by atoms with Crippen LogP contribution in [0.3, 0.4) is 0 Å². The van der Waals surface area contributed by atoms with Crippen molar-refractivity contribution in [1.82, 2.24) is 0 Å². The van der Waals surface area contributed by atoms with Crippen LogP contribution in [0.25, 0.3) is 0 Å². The normalized spacial score (nSPS) is 15.1. The molecule has 0 saturated heterocycles. The molecule has 0 saturated carbocycles. The zero-order valence-electron chi connectivity index (χ0n) is 15.5. The van der Waals surface area contributed by atoms with Gasteiger partial charge in [-0.1, -0.05) is 70.9 Å². The summed E-state index contributed by atoms with van der Waals surface area (Å²) in [6.07, 6.45) is 14.3. The highest BCUT2D eigenvalue weighted by Gasteiger charge is 2.18. The van der Waals surface area contributed by atoms with E-state index in [1.807, 2.05) is 12.1 Å². The number of hydrogen-bond donors (Lipinski definition) is 1. The van der Waals surface area contributed by atoms with Crippen molar-refractivity contribution < 1.29 is 8.76 Å². The molecule has 1 aromatic carbocycles. The molecule has 1 atom stereocenters. The molecule has 2 nitrogen and oxygen atoms in total. The molecule has 1 rings (SSSR count). The minimum atomic E-state index is -3.63. The summed E-state index contributed by atoms with van der Waals surface area (Å²) < 4.78 is 22.4. The standard InChI is InChI=1S/C20H36O2S/c1-5-7-9-11-13-18(12-10-8-6-2)19-14-16-20(17-15-19)23(3,4,21)22/h14-18H,5-13H2,1-4H3,(H,21,22). The maximum absolute atomic E-state index is 12.3. The average Bonchev–Trinajstić information content (AvgIpc) is 2.48. The molecule has 0 aliphatic heterocycles. The maximum atomic E-state index is 12.3. The lowest BCUT2D eigenvalue weighted by Gasteiger charge is -2.34. The van der Waals surface area contributed by atoms with Crippen LogP contribution < -0.4 is 0 Å². The van der Waals surface area contributed by atoms with Crippen LogP contribution >= 0.6 is 0 Å². The number of benzene rings is 1. The Morgan fingerprint density at radius 2 is 1.35 bits per heavy atom. The van der Waals surface area contributed by atoms with E-state index in [0.717, 1.165) is 0 Å². The van der Waals surface area contributed by atoms with E-state index in [9.17, 15) is 8.76 Å². The Morgan fingerprint density at radius 1 is 0.870 bits per heavy atom. The summed E-state index contributed by atoms with van der Waals surface area (Å²) in [5.74, 6) is 0.592. The lowest BCUT2D eigenvalue weighted by atomic mass is 9.88. The number of unbranched alkanes of at least 4 members (excludes halogenated alkanes) is 5. The van der Waals surface area contributed by atoms with Gasteiger partial charge in [0.1, 0.15) is 0 Å². The highest BCUT2D eigenvalue weighted by molar-refractivity contribution is 8.14. The van der Waals surface area contributed by atoms with Crippen LogP contribution in [0, 0.1) is 0 Å². The van der Waals surface area contributed by atoms with Gasteiger partial charge in [-0.2, -0.15) is 9.35 Å². The van der Waals surface area contributed by atoms with Gasteiger partial charge < -0.3 is 0 Å². The van der Waals surface area contributed by atoms with Crippen LogP contribution in [-0.4, -0.2) is 21.3 Å².